The van der Waals surface area contributed by atoms with Crippen molar-refractivity contribution in [2.24, 2.45) is 5.16 Å². The number of rotatable bonds is 11. The lowest BCUT2D eigenvalue weighted by Crippen LogP contribution is -2.56. The van der Waals surface area contributed by atoms with Crippen LogP contribution in [0.1, 0.15) is 25.3 Å². The third-order valence-corrected chi connectivity index (χ3v) is 5.80. The summed E-state index contributed by atoms with van der Waals surface area (Å²) in [5.41, 5.74) is 1.06. The van der Waals surface area contributed by atoms with Gasteiger partial charge in [0.15, 0.2) is 0 Å². The van der Waals surface area contributed by atoms with Crippen molar-refractivity contribution in [2.75, 3.05) is 32.6 Å². The maximum Gasteiger partial charge on any atom is 0.348 e. The first-order valence-corrected chi connectivity index (χ1v) is 10.8. The van der Waals surface area contributed by atoms with Crippen LogP contribution >= 0.6 is 11.8 Å². The van der Waals surface area contributed by atoms with Gasteiger partial charge < -0.3 is 14.7 Å². The van der Waals surface area contributed by atoms with Crippen LogP contribution in [0.25, 0.3) is 0 Å². The molecule has 0 radical (unpaired) electrons. The van der Waals surface area contributed by atoms with Gasteiger partial charge in [0, 0.05) is 30.0 Å². The van der Waals surface area contributed by atoms with E-state index >= 15 is 0 Å². The fourth-order valence-corrected chi connectivity index (χ4v) is 3.79. The van der Waals surface area contributed by atoms with E-state index in [1.807, 2.05) is 36.6 Å². The topological polar surface area (TPSA) is 71.4 Å². The molecular weight excluding hydrogens is 388 g/mol. The van der Waals surface area contributed by atoms with E-state index in [9.17, 15) is 9.90 Å². The second kappa shape index (κ2) is 11.2. The van der Waals surface area contributed by atoms with Crippen molar-refractivity contribution in [3.8, 4) is 0 Å². The number of morpholine rings is 1. The van der Waals surface area contributed by atoms with E-state index < -0.39 is 17.6 Å². The number of ether oxygens (including phenoxy) is 1. The third-order valence-electron chi connectivity index (χ3n) is 5.05. The Hall–Kier alpha value is -2.09. The smallest absolute Gasteiger partial charge is 0.348 e. The van der Waals surface area contributed by atoms with Crippen LogP contribution in [0.2, 0.25) is 0 Å². The number of aliphatic carboxylic acids is 1. The molecule has 0 saturated carbocycles. The predicted molar refractivity (Wildman–Crippen MR) is 118 cm³/mol. The molecule has 1 aliphatic rings. The lowest BCUT2D eigenvalue weighted by Gasteiger charge is -2.43. The van der Waals surface area contributed by atoms with Gasteiger partial charge in [0.05, 0.1) is 18.8 Å². The molecule has 1 heterocycles. The summed E-state index contributed by atoms with van der Waals surface area (Å²) in [6, 6.07) is 8.06. The molecule has 0 aromatic heterocycles. The molecule has 29 heavy (non-hydrogen) atoms. The van der Waals surface area contributed by atoms with Crippen LogP contribution in [-0.4, -0.2) is 65.9 Å². The summed E-state index contributed by atoms with van der Waals surface area (Å²) in [7, 11) is 0. The first-order valence-electron chi connectivity index (χ1n) is 9.62. The number of carboxylic acids is 1. The van der Waals surface area contributed by atoms with Crippen molar-refractivity contribution < 1.29 is 19.5 Å². The number of carbonyl (C=O) groups is 1. The van der Waals surface area contributed by atoms with Crippen molar-refractivity contribution in [2.45, 2.75) is 36.3 Å². The average Bonchev–Trinajstić information content (AvgIpc) is 2.74. The van der Waals surface area contributed by atoms with Crippen molar-refractivity contribution in [1.82, 2.24) is 4.90 Å². The minimum Gasteiger partial charge on any atom is -0.478 e. The molecule has 2 rings (SSSR count). The van der Waals surface area contributed by atoms with Gasteiger partial charge in [-0.2, -0.15) is 0 Å². The summed E-state index contributed by atoms with van der Waals surface area (Å²) >= 11 is 1.66. The Labute approximate surface area is 177 Å². The van der Waals surface area contributed by atoms with Gasteiger partial charge in [-0.25, -0.2) is 4.79 Å². The molecule has 6 nitrogen and oxygen atoms in total. The van der Waals surface area contributed by atoms with Crippen LogP contribution in [0.15, 0.2) is 59.6 Å². The Morgan fingerprint density at radius 2 is 2.00 bits per heavy atom. The highest BCUT2D eigenvalue weighted by Crippen LogP contribution is 2.29. The quantitative estimate of drug-likeness (QED) is 0.255. The van der Waals surface area contributed by atoms with Crippen LogP contribution in [0, 0.1) is 0 Å². The standard InChI is InChI=1S/C22H30N2O4S/c1-5-7-19(21(25)26)28-23-20(17-8-10-18(29-4)11-9-17)22(3,12-6-2)24-13-15-27-16-14-24/h5-6,8-11,19H,1-2,7,12-16H2,3-4H3,(H,25,26). The largest absolute Gasteiger partial charge is 0.478 e. The molecular formula is C22H30N2O4S. The van der Waals surface area contributed by atoms with E-state index in [1.165, 1.54) is 6.08 Å². The predicted octanol–water partition coefficient (Wildman–Crippen LogP) is 3.83. The average molecular weight is 419 g/mol. The van der Waals surface area contributed by atoms with Gasteiger partial charge in [0.2, 0.25) is 6.10 Å². The summed E-state index contributed by atoms with van der Waals surface area (Å²) in [5.74, 6) is -1.07. The van der Waals surface area contributed by atoms with Crippen LogP contribution in [0.5, 0.6) is 0 Å². The number of nitrogens with zero attached hydrogens (tertiary/aromatic N) is 2. The summed E-state index contributed by atoms with van der Waals surface area (Å²) in [6.07, 6.45) is 5.14. The number of benzene rings is 1. The molecule has 1 fully saturated rings. The van der Waals surface area contributed by atoms with Crippen LogP contribution in [0.3, 0.4) is 0 Å². The summed E-state index contributed by atoms with van der Waals surface area (Å²) in [5, 5.41) is 13.8. The summed E-state index contributed by atoms with van der Waals surface area (Å²) < 4.78 is 5.52. The van der Waals surface area contributed by atoms with Crippen molar-refractivity contribution in [3.63, 3.8) is 0 Å². The molecule has 0 amide bonds. The van der Waals surface area contributed by atoms with E-state index in [1.54, 1.807) is 11.8 Å². The fraction of sp³-hybridized carbons (Fsp3) is 0.455. The zero-order valence-corrected chi connectivity index (χ0v) is 18.0. The highest BCUT2D eigenvalue weighted by molar-refractivity contribution is 7.98. The number of hydrogen-bond acceptors (Lipinski definition) is 6. The minimum atomic E-state index is -1.08. The Morgan fingerprint density at radius 3 is 2.52 bits per heavy atom. The highest BCUT2D eigenvalue weighted by Gasteiger charge is 2.38. The van der Waals surface area contributed by atoms with E-state index in [0.29, 0.717) is 25.3 Å². The number of thioether (sulfide) groups is 1. The molecule has 1 aromatic rings. The normalized spacial score (nSPS) is 18.5. The summed E-state index contributed by atoms with van der Waals surface area (Å²) in [4.78, 5) is 20.5. The molecule has 7 heteroatoms. The Kier molecular flexibility index (Phi) is 8.95. The minimum absolute atomic E-state index is 0.174. The number of carboxylic acid groups (broad SMARTS) is 1. The molecule has 0 aliphatic carbocycles. The lowest BCUT2D eigenvalue weighted by atomic mass is 9.85. The second-order valence-electron chi connectivity index (χ2n) is 6.99. The molecule has 158 valence electrons. The molecule has 2 unspecified atom stereocenters. The van der Waals surface area contributed by atoms with Gasteiger partial charge in [-0.15, -0.1) is 24.9 Å². The van der Waals surface area contributed by atoms with Crippen LogP contribution in [0.4, 0.5) is 0 Å². The molecule has 0 bridgehead atoms. The van der Waals surface area contributed by atoms with Gasteiger partial charge in [-0.3, -0.25) is 4.90 Å². The first kappa shape index (κ1) is 23.2. The molecule has 1 N–H and O–H groups in total. The van der Waals surface area contributed by atoms with Gasteiger partial charge in [-0.1, -0.05) is 29.4 Å². The molecule has 1 aliphatic heterocycles. The zero-order chi connectivity index (χ0) is 21.3. The lowest BCUT2D eigenvalue weighted by molar-refractivity contribution is -0.150. The molecule has 0 spiro atoms. The summed E-state index contributed by atoms with van der Waals surface area (Å²) in [6.45, 7) is 12.4. The van der Waals surface area contributed by atoms with E-state index in [2.05, 4.69) is 30.1 Å². The Bertz CT molecular complexity index is 729. The van der Waals surface area contributed by atoms with Crippen molar-refractivity contribution in [1.29, 1.82) is 0 Å². The van der Waals surface area contributed by atoms with Gasteiger partial charge in [-0.05, 0) is 31.7 Å². The number of oxime groups is 1. The SMILES string of the molecule is C=CCC(ON=C(c1ccc(SC)cc1)C(C)(CC=C)N1CCOCC1)C(=O)O. The van der Waals surface area contributed by atoms with Crippen molar-refractivity contribution in [3.05, 3.63) is 55.1 Å². The molecule has 1 saturated heterocycles. The van der Waals surface area contributed by atoms with Gasteiger partial charge >= 0.3 is 5.97 Å². The monoisotopic (exact) mass is 418 g/mol. The zero-order valence-electron chi connectivity index (χ0n) is 17.2. The van der Waals surface area contributed by atoms with Gasteiger partial charge in [0.1, 0.15) is 5.71 Å². The third kappa shape index (κ3) is 5.95. The van der Waals surface area contributed by atoms with E-state index in [4.69, 9.17) is 9.57 Å². The maximum absolute atomic E-state index is 11.5. The molecule has 1 aromatic carbocycles. The fourth-order valence-electron chi connectivity index (χ4n) is 3.38. The Balaban J connectivity index is 2.49. The van der Waals surface area contributed by atoms with Crippen molar-refractivity contribution >= 4 is 23.4 Å². The van der Waals surface area contributed by atoms with Crippen LogP contribution < -0.4 is 0 Å². The first-order chi connectivity index (χ1) is 14.0. The van der Waals surface area contributed by atoms with E-state index in [-0.39, 0.29) is 6.42 Å². The Morgan fingerprint density at radius 1 is 1.34 bits per heavy atom. The number of hydrogen-bond donors (Lipinski definition) is 1. The van der Waals surface area contributed by atoms with Crippen LogP contribution in [-0.2, 0) is 14.4 Å². The molecule has 2 atom stereocenters. The van der Waals surface area contributed by atoms with Gasteiger partial charge in [0.25, 0.3) is 0 Å². The maximum atomic E-state index is 11.5. The van der Waals surface area contributed by atoms with E-state index in [0.717, 1.165) is 23.5 Å². The second-order valence-corrected chi connectivity index (χ2v) is 7.87. The highest BCUT2D eigenvalue weighted by atomic mass is 32.2.